The number of benzene rings is 2. The summed E-state index contributed by atoms with van der Waals surface area (Å²) in [5.41, 5.74) is 3.42. The van der Waals surface area contributed by atoms with Gasteiger partial charge < -0.3 is 25.8 Å². The van der Waals surface area contributed by atoms with Crippen LogP contribution >= 0.6 is 23.8 Å². The monoisotopic (exact) mass is 445 g/mol. The van der Waals surface area contributed by atoms with Crippen molar-refractivity contribution in [3.05, 3.63) is 47.5 Å². The van der Waals surface area contributed by atoms with Crippen LogP contribution in [0.25, 0.3) is 0 Å². The van der Waals surface area contributed by atoms with Crippen LogP contribution in [0.1, 0.15) is 19.8 Å². The summed E-state index contributed by atoms with van der Waals surface area (Å²) < 4.78 is 0. The lowest BCUT2D eigenvalue weighted by molar-refractivity contribution is -0.114. The first-order valence-electron chi connectivity index (χ1n) is 9.98. The van der Waals surface area contributed by atoms with Gasteiger partial charge in [-0.1, -0.05) is 11.6 Å². The highest BCUT2D eigenvalue weighted by molar-refractivity contribution is 7.80. The van der Waals surface area contributed by atoms with Gasteiger partial charge in [0.2, 0.25) is 5.91 Å². The summed E-state index contributed by atoms with van der Waals surface area (Å²) in [5, 5.41) is 10.2. The van der Waals surface area contributed by atoms with E-state index in [0.29, 0.717) is 16.2 Å². The maximum absolute atomic E-state index is 11.1. The van der Waals surface area contributed by atoms with Crippen LogP contribution in [-0.2, 0) is 4.79 Å². The number of halogens is 1. The molecule has 3 rings (SSSR count). The van der Waals surface area contributed by atoms with Crippen LogP contribution in [0.2, 0.25) is 5.02 Å². The van der Waals surface area contributed by atoms with Gasteiger partial charge in [0.25, 0.3) is 0 Å². The Bertz CT molecular complexity index is 897. The molecule has 1 heterocycles. The summed E-state index contributed by atoms with van der Waals surface area (Å²) in [6.07, 6.45) is 2.27. The molecule has 2 aromatic rings. The van der Waals surface area contributed by atoms with Gasteiger partial charge in [-0.25, -0.2) is 0 Å². The molecule has 0 spiro atoms. The number of rotatable bonds is 5. The number of nitrogens with one attached hydrogen (secondary N) is 3. The van der Waals surface area contributed by atoms with E-state index < -0.39 is 0 Å². The Hall–Kier alpha value is -2.35. The van der Waals surface area contributed by atoms with E-state index in [1.807, 2.05) is 42.5 Å². The number of amides is 1. The van der Waals surface area contributed by atoms with Crippen LogP contribution in [0.4, 0.5) is 22.7 Å². The standard InChI is InChI=1S/C22H28ClN5OS/c1-15(29)24-16-4-6-17(7-5-16)25-22(30)26-18-8-9-21(20(23)14-18)28(3)19-10-12-27(2)13-11-19/h4-9,14,19H,10-13H2,1-3H3,(H,24,29)(H2,25,26,30). The topological polar surface area (TPSA) is 59.6 Å². The van der Waals surface area contributed by atoms with Crippen LogP contribution in [0.5, 0.6) is 0 Å². The predicted octanol–water partition coefficient (Wildman–Crippen LogP) is 4.64. The van der Waals surface area contributed by atoms with E-state index in [-0.39, 0.29) is 5.91 Å². The van der Waals surface area contributed by atoms with Gasteiger partial charge in [0.15, 0.2) is 5.11 Å². The minimum Gasteiger partial charge on any atom is -0.370 e. The second kappa shape index (κ2) is 10.1. The molecular weight excluding hydrogens is 418 g/mol. The fraction of sp³-hybridized carbons (Fsp3) is 0.364. The lowest BCUT2D eigenvalue weighted by atomic mass is 10.0. The summed E-state index contributed by atoms with van der Waals surface area (Å²) in [6.45, 7) is 3.70. The summed E-state index contributed by atoms with van der Waals surface area (Å²) in [5.74, 6) is -0.102. The molecular formula is C22H28ClN5OS. The molecule has 30 heavy (non-hydrogen) atoms. The number of piperidine rings is 1. The molecule has 0 saturated carbocycles. The number of thiocarbonyl (C=S) groups is 1. The molecule has 0 unspecified atom stereocenters. The van der Waals surface area contributed by atoms with Crippen molar-refractivity contribution in [2.75, 3.05) is 48.0 Å². The van der Waals surface area contributed by atoms with Crippen LogP contribution in [0.3, 0.4) is 0 Å². The number of anilines is 4. The van der Waals surface area contributed by atoms with Crippen molar-refractivity contribution in [3.63, 3.8) is 0 Å². The van der Waals surface area contributed by atoms with Crippen molar-refractivity contribution < 1.29 is 4.79 Å². The van der Waals surface area contributed by atoms with Gasteiger partial charge in [-0.3, -0.25) is 4.79 Å². The van der Waals surface area contributed by atoms with E-state index in [9.17, 15) is 4.79 Å². The Labute approximate surface area is 188 Å². The maximum atomic E-state index is 11.1. The largest absolute Gasteiger partial charge is 0.370 e. The highest BCUT2D eigenvalue weighted by atomic mass is 35.5. The van der Waals surface area contributed by atoms with Crippen molar-refractivity contribution in [1.29, 1.82) is 0 Å². The van der Waals surface area contributed by atoms with E-state index >= 15 is 0 Å². The zero-order chi connectivity index (χ0) is 21.7. The van der Waals surface area contributed by atoms with Crippen molar-refractivity contribution in [1.82, 2.24) is 4.90 Å². The lowest BCUT2D eigenvalue weighted by Crippen LogP contribution is -2.42. The Kier molecular flexibility index (Phi) is 7.53. The van der Waals surface area contributed by atoms with Crippen molar-refractivity contribution in [2.24, 2.45) is 0 Å². The van der Waals surface area contributed by atoms with Crippen molar-refractivity contribution >= 4 is 57.6 Å². The Balaban J connectivity index is 1.58. The normalized spacial score (nSPS) is 14.8. The Morgan fingerprint density at radius 1 is 1.03 bits per heavy atom. The minimum absolute atomic E-state index is 0.102. The van der Waals surface area contributed by atoms with E-state index in [2.05, 4.69) is 39.8 Å². The molecule has 3 N–H and O–H groups in total. The van der Waals surface area contributed by atoms with Gasteiger partial charge in [0, 0.05) is 37.1 Å². The number of carbonyl (C=O) groups is 1. The lowest BCUT2D eigenvalue weighted by Gasteiger charge is -2.36. The molecule has 0 bridgehead atoms. The summed E-state index contributed by atoms with van der Waals surface area (Å²) in [6, 6.07) is 13.8. The molecule has 1 saturated heterocycles. The SMILES string of the molecule is CC(=O)Nc1ccc(NC(=S)Nc2ccc(N(C)C3CCN(C)CC3)c(Cl)c2)cc1. The second-order valence-electron chi connectivity index (χ2n) is 7.65. The highest BCUT2D eigenvalue weighted by Crippen LogP contribution is 2.31. The zero-order valence-corrected chi connectivity index (χ0v) is 19.1. The van der Waals surface area contributed by atoms with Gasteiger partial charge in [-0.05, 0) is 87.7 Å². The molecule has 1 amide bonds. The molecule has 2 aromatic carbocycles. The number of carbonyl (C=O) groups excluding carboxylic acids is 1. The first-order valence-corrected chi connectivity index (χ1v) is 10.8. The third kappa shape index (κ3) is 6.08. The van der Waals surface area contributed by atoms with E-state index in [0.717, 1.165) is 48.7 Å². The fourth-order valence-corrected chi connectivity index (χ4v) is 4.13. The molecule has 0 aliphatic carbocycles. The van der Waals surface area contributed by atoms with Gasteiger partial charge in [0.05, 0.1) is 10.7 Å². The minimum atomic E-state index is -0.102. The van der Waals surface area contributed by atoms with Crippen molar-refractivity contribution in [3.8, 4) is 0 Å². The number of nitrogens with zero attached hydrogens (tertiary/aromatic N) is 2. The number of hydrogen-bond donors (Lipinski definition) is 3. The third-order valence-electron chi connectivity index (χ3n) is 5.28. The van der Waals surface area contributed by atoms with Crippen LogP contribution < -0.4 is 20.9 Å². The Morgan fingerprint density at radius 3 is 2.13 bits per heavy atom. The second-order valence-corrected chi connectivity index (χ2v) is 8.46. The number of hydrogen-bond acceptors (Lipinski definition) is 4. The quantitative estimate of drug-likeness (QED) is 0.583. The molecule has 0 radical (unpaired) electrons. The maximum Gasteiger partial charge on any atom is 0.221 e. The van der Waals surface area contributed by atoms with Gasteiger partial charge >= 0.3 is 0 Å². The van der Waals surface area contributed by atoms with Gasteiger partial charge in [-0.2, -0.15) is 0 Å². The van der Waals surface area contributed by atoms with E-state index in [4.69, 9.17) is 23.8 Å². The first-order chi connectivity index (χ1) is 14.3. The smallest absolute Gasteiger partial charge is 0.221 e. The third-order valence-corrected chi connectivity index (χ3v) is 5.79. The molecule has 6 nitrogen and oxygen atoms in total. The zero-order valence-electron chi connectivity index (χ0n) is 17.5. The van der Waals surface area contributed by atoms with E-state index in [1.54, 1.807) is 0 Å². The Morgan fingerprint density at radius 2 is 1.57 bits per heavy atom. The highest BCUT2D eigenvalue weighted by Gasteiger charge is 2.22. The van der Waals surface area contributed by atoms with Crippen LogP contribution in [0, 0.1) is 0 Å². The molecule has 160 valence electrons. The van der Waals surface area contributed by atoms with Gasteiger partial charge in [-0.15, -0.1) is 0 Å². The summed E-state index contributed by atoms with van der Waals surface area (Å²) in [4.78, 5) is 15.7. The summed E-state index contributed by atoms with van der Waals surface area (Å²) in [7, 11) is 4.28. The average Bonchev–Trinajstić information content (AvgIpc) is 2.69. The molecule has 8 heteroatoms. The first kappa shape index (κ1) is 22.3. The van der Waals surface area contributed by atoms with E-state index in [1.165, 1.54) is 6.92 Å². The molecule has 0 aromatic heterocycles. The molecule has 1 aliphatic heterocycles. The molecule has 1 aliphatic rings. The van der Waals surface area contributed by atoms with Crippen molar-refractivity contribution in [2.45, 2.75) is 25.8 Å². The van der Waals surface area contributed by atoms with Gasteiger partial charge in [0.1, 0.15) is 0 Å². The van der Waals surface area contributed by atoms with Crippen LogP contribution in [0.15, 0.2) is 42.5 Å². The molecule has 0 atom stereocenters. The predicted molar refractivity (Wildman–Crippen MR) is 131 cm³/mol. The average molecular weight is 446 g/mol. The molecule has 1 fully saturated rings. The van der Waals surface area contributed by atoms with Crippen LogP contribution in [-0.4, -0.2) is 49.1 Å². The summed E-state index contributed by atoms with van der Waals surface area (Å²) >= 11 is 12.0. The fourth-order valence-electron chi connectivity index (χ4n) is 3.58. The number of likely N-dealkylation sites (tertiary alicyclic amines) is 1.